The molecule has 82 valence electrons. The molecule has 0 spiro atoms. The van der Waals surface area contributed by atoms with Gasteiger partial charge in [-0.25, -0.2) is 4.39 Å². The summed E-state index contributed by atoms with van der Waals surface area (Å²) < 4.78 is 13.1. The van der Waals surface area contributed by atoms with Gasteiger partial charge in [0, 0.05) is 18.4 Å². The standard InChI is InChI=1S/C10H12FNO2S/c11-9(4-5-10(13)14)15-7-8-3-1-2-6-12-8/h1-3,6,9H,4-5,7H2,(H,13,14). The summed E-state index contributed by atoms with van der Waals surface area (Å²) in [7, 11) is 0. The van der Waals surface area contributed by atoms with E-state index in [1.165, 1.54) is 0 Å². The van der Waals surface area contributed by atoms with Crippen molar-refractivity contribution in [2.75, 3.05) is 0 Å². The number of carboxylic acids is 1. The summed E-state index contributed by atoms with van der Waals surface area (Å²) in [5, 5.41) is 8.36. The van der Waals surface area contributed by atoms with Crippen molar-refractivity contribution in [1.82, 2.24) is 4.98 Å². The van der Waals surface area contributed by atoms with Gasteiger partial charge in [0.2, 0.25) is 0 Å². The number of pyridine rings is 1. The van der Waals surface area contributed by atoms with Crippen molar-refractivity contribution in [2.24, 2.45) is 0 Å². The van der Waals surface area contributed by atoms with Crippen molar-refractivity contribution in [3.05, 3.63) is 30.1 Å². The van der Waals surface area contributed by atoms with Gasteiger partial charge >= 0.3 is 5.97 Å². The molecule has 0 saturated heterocycles. The number of carboxylic acid groups (broad SMARTS) is 1. The summed E-state index contributed by atoms with van der Waals surface area (Å²) >= 11 is 1.08. The lowest BCUT2D eigenvalue weighted by molar-refractivity contribution is -0.137. The maximum atomic E-state index is 13.1. The molecule has 1 heterocycles. The number of hydrogen-bond donors (Lipinski definition) is 1. The lowest BCUT2D eigenvalue weighted by atomic mass is 10.3. The lowest BCUT2D eigenvalue weighted by Crippen LogP contribution is -2.01. The first-order valence-electron chi connectivity index (χ1n) is 4.56. The molecule has 3 nitrogen and oxygen atoms in total. The highest BCUT2D eigenvalue weighted by molar-refractivity contribution is 7.98. The molecule has 0 amide bonds. The van der Waals surface area contributed by atoms with Crippen LogP contribution in [-0.2, 0) is 10.5 Å². The Bertz CT molecular complexity index is 308. The zero-order valence-electron chi connectivity index (χ0n) is 8.10. The largest absolute Gasteiger partial charge is 0.481 e. The Kier molecular flexibility index (Phi) is 5.10. The van der Waals surface area contributed by atoms with Gasteiger partial charge in [-0.2, -0.15) is 0 Å². The van der Waals surface area contributed by atoms with E-state index in [2.05, 4.69) is 4.98 Å². The number of nitrogens with zero attached hydrogens (tertiary/aromatic N) is 1. The Morgan fingerprint density at radius 1 is 1.60 bits per heavy atom. The van der Waals surface area contributed by atoms with E-state index in [1.807, 2.05) is 12.1 Å². The van der Waals surface area contributed by atoms with E-state index in [1.54, 1.807) is 12.3 Å². The highest BCUT2D eigenvalue weighted by Gasteiger charge is 2.09. The molecular formula is C10H12FNO2S. The number of aromatic nitrogens is 1. The van der Waals surface area contributed by atoms with Crippen LogP contribution in [-0.4, -0.2) is 21.6 Å². The fourth-order valence-electron chi connectivity index (χ4n) is 0.980. The highest BCUT2D eigenvalue weighted by atomic mass is 32.2. The van der Waals surface area contributed by atoms with Gasteiger partial charge in [-0.3, -0.25) is 9.78 Å². The molecule has 0 radical (unpaired) electrons. The van der Waals surface area contributed by atoms with Crippen molar-refractivity contribution in [1.29, 1.82) is 0 Å². The van der Waals surface area contributed by atoms with Gasteiger partial charge in [-0.1, -0.05) is 6.07 Å². The first-order valence-corrected chi connectivity index (χ1v) is 5.60. The van der Waals surface area contributed by atoms with Crippen molar-refractivity contribution in [2.45, 2.75) is 24.1 Å². The number of hydrogen-bond acceptors (Lipinski definition) is 3. The van der Waals surface area contributed by atoms with E-state index in [-0.39, 0.29) is 12.8 Å². The molecule has 15 heavy (non-hydrogen) atoms. The Labute approximate surface area is 91.7 Å². The minimum atomic E-state index is -1.14. The molecule has 0 aliphatic rings. The summed E-state index contributed by atoms with van der Waals surface area (Å²) in [6.45, 7) is 0. The second kappa shape index (κ2) is 6.40. The second-order valence-electron chi connectivity index (χ2n) is 2.97. The molecule has 0 bridgehead atoms. The van der Waals surface area contributed by atoms with E-state index in [4.69, 9.17) is 5.11 Å². The normalized spacial score (nSPS) is 12.3. The molecule has 1 N–H and O–H groups in total. The Morgan fingerprint density at radius 3 is 3.00 bits per heavy atom. The van der Waals surface area contributed by atoms with Gasteiger partial charge < -0.3 is 5.11 Å². The van der Waals surface area contributed by atoms with E-state index in [9.17, 15) is 9.18 Å². The van der Waals surface area contributed by atoms with E-state index in [0.717, 1.165) is 17.5 Å². The minimum absolute atomic E-state index is 0.0484. The van der Waals surface area contributed by atoms with Gasteiger partial charge in [0.15, 0.2) is 0 Å². The molecule has 1 atom stereocenters. The fourth-order valence-corrected chi connectivity index (χ4v) is 1.79. The van der Waals surface area contributed by atoms with Crippen LogP contribution in [0.4, 0.5) is 4.39 Å². The number of rotatable bonds is 6. The van der Waals surface area contributed by atoms with E-state index in [0.29, 0.717) is 5.75 Å². The van der Waals surface area contributed by atoms with Crippen LogP contribution in [0.1, 0.15) is 18.5 Å². The average molecular weight is 229 g/mol. The number of carbonyl (C=O) groups is 1. The number of halogens is 1. The van der Waals surface area contributed by atoms with Crippen molar-refractivity contribution in [3.63, 3.8) is 0 Å². The molecule has 1 aromatic heterocycles. The molecule has 0 aliphatic carbocycles. The fraction of sp³-hybridized carbons (Fsp3) is 0.400. The van der Waals surface area contributed by atoms with E-state index < -0.39 is 11.5 Å². The smallest absolute Gasteiger partial charge is 0.303 e. The molecule has 1 aromatic rings. The summed E-state index contributed by atoms with van der Waals surface area (Å²) in [4.78, 5) is 14.2. The Morgan fingerprint density at radius 2 is 2.40 bits per heavy atom. The molecule has 0 aliphatic heterocycles. The summed E-state index contributed by atoms with van der Waals surface area (Å²) in [5.41, 5.74) is -0.330. The lowest BCUT2D eigenvalue weighted by Gasteiger charge is -2.05. The summed E-state index contributed by atoms with van der Waals surface area (Å²) in [6.07, 6.45) is 1.57. The first-order chi connectivity index (χ1) is 7.18. The Balaban J connectivity index is 2.22. The van der Waals surface area contributed by atoms with Crippen molar-refractivity contribution in [3.8, 4) is 0 Å². The quantitative estimate of drug-likeness (QED) is 0.814. The van der Waals surface area contributed by atoms with Crippen molar-refractivity contribution >= 4 is 17.7 Å². The predicted molar refractivity (Wildman–Crippen MR) is 57.3 cm³/mol. The van der Waals surface area contributed by atoms with Crippen molar-refractivity contribution < 1.29 is 14.3 Å². The monoisotopic (exact) mass is 229 g/mol. The number of alkyl halides is 1. The SMILES string of the molecule is O=C(O)CCC(F)SCc1ccccn1. The van der Waals surface area contributed by atoms with Crippen LogP contribution in [0.3, 0.4) is 0 Å². The molecule has 1 unspecified atom stereocenters. The molecular weight excluding hydrogens is 217 g/mol. The van der Waals surface area contributed by atoms with Crippen LogP contribution in [0.15, 0.2) is 24.4 Å². The average Bonchev–Trinajstić information content (AvgIpc) is 2.25. The molecule has 0 saturated carbocycles. The molecule has 0 aromatic carbocycles. The third-order valence-electron chi connectivity index (χ3n) is 1.72. The van der Waals surface area contributed by atoms with E-state index >= 15 is 0 Å². The van der Waals surface area contributed by atoms with Gasteiger partial charge in [0.05, 0.1) is 5.69 Å². The van der Waals surface area contributed by atoms with Crippen LogP contribution in [0.5, 0.6) is 0 Å². The third-order valence-corrected chi connectivity index (χ3v) is 2.78. The molecule has 0 fully saturated rings. The van der Waals surface area contributed by atoms with Crippen LogP contribution < -0.4 is 0 Å². The zero-order chi connectivity index (χ0) is 11.1. The van der Waals surface area contributed by atoms with Crippen LogP contribution in [0.2, 0.25) is 0 Å². The summed E-state index contributed by atoms with van der Waals surface area (Å²) in [5.74, 6) is -0.488. The first kappa shape index (κ1) is 12.0. The minimum Gasteiger partial charge on any atom is -0.481 e. The number of thioether (sulfide) groups is 1. The van der Waals surface area contributed by atoms with Gasteiger partial charge in [0.1, 0.15) is 5.50 Å². The maximum absolute atomic E-state index is 13.1. The molecule has 1 rings (SSSR count). The third kappa shape index (κ3) is 5.37. The zero-order valence-corrected chi connectivity index (χ0v) is 8.91. The van der Waals surface area contributed by atoms with Crippen LogP contribution in [0.25, 0.3) is 0 Å². The van der Waals surface area contributed by atoms with Crippen LogP contribution >= 0.6 is 11.8 Å². The highest BCUT2D eigenvalue weighted by Crippen LogP contribution is 2.21. The number of aliphatic carboxylic acids is 1. The van der Waals surface area contributed by atoms with Gasteiger partial charge in [0.25, 0.3) is 0 Å². The van der Waals surface area contributed by atoms with Crippen LogP contribution in [0, 0.1) is 0 Å². The van der Waals surface area contributed by atoms with Gasteiger partial charge in [-0.15, -0.1) is 11.8 Å². The second-order valence-corrected chi connectivity index (χ2v) is 4.11. The topological polar surface area (TPSA) is 50.2 Å². The predicted octanol–water partition coefficient (Wildman–Crippen LogP) is 2.48. The maximum Gasteiger partial charge on any atom is 0.303 e. The molecule has 5 heteroatoms. The Hall–Kier alpha value is -1.10. The van der Waals surface area contributed by atoms with Gasteiger partial charge in [-0.05, 0) is 18.6 Å². The summed E-state index contributed by atoms with van der Waals surface area (Å²) in [6, 6.07) is 5.45.